The molecule has 0 radical (unpaired) electrons. The Labute approximate surface area is 146 Å². The normalized spacial score (nSPS) is 13.4. The first kappa shape index (κ1) is 16.7. The van der Waals surface area contributed by atoms with Gasteiger partial charge in [-0.15, -0.1) is 0 Å². The van der Waals surface area contributed by atoms with Gasteiger partial charge in [-0.25, -0.2) is 0 Å². The van der Waals surface area contributed by atoms with E-state index >= 15 is 0 Å². The third-order valence-corrected chi connectivity index (χ3v) is 4.37. The Kier molecular flexibility index (Phi) is 4.80. The molecule has 0 saturated carbocycles. The Bertz CT molecular complexity index is 867. The van der Waals surface area contributed by atoms with Crippen LogP contribution in [0.15, 0.2) is 42.5 Å². The monoisotopic (exact) mass is 334 g/mol. The standard InChI is InChI=1S/C20H18N2O3/c1-25-17-7-3-6-16(11-17)22-20(24)18(12-21)19(23)15-9-8-13-4-2-5-14(13)10-15/h3,6-11,18H,2,4-5H2,1H3,(H,22,24). The van der Waals surface area contributed by atoms with Gasteiger partial charge in [0.2, 0.25) is 5.91 Å². The van der Waals surface area contributed by atoms with E-state index in [4.69, 9.17) is 4.74 Å². The Morgan fingerprint density at radius 1 is 1.16 bits per heavy atom. The van der Waals surface area contributed by atoms with Crippen LogP contribution >= 0.6 is 0 Å². The molecule has 5 nitrogen and oxygen atoms in total. The van der Waals surface area contributed by atoms with Gasteiger partial charge in [0.15, 0.2) is 11.7 Å². The molecule has 5 heteroatoms. The third kappa shape index (κ3) is 3.53. The van der Waals surface area contributed by atoms with Gasteiger partial charge in [-0.05, 0) is 48.6 Å². The summed E-state index contributed by atoms with van der Waals surface area (Å²) < 4.78 is 5.10. The number of ether oxygens (including phenoxy) is 1. The number of ketones is 1. The first-order valence-electron chi connectivity index (χ1n) is 8.13. The molecule has 1 aliphatic carbocycles. The number of hydrogen-bond acceptors (Lipinski definition) is 4. The second-order valence-corrected chi connectivity index (χ2v) is 5.98. The summed E-state index contributed by atoms with van der Waals surface area (Å²) >= 11 is 0. The Morgan fingerprint density at radius 2 is 1.96 bits per heavy atom. The number of methoxy groups -OCH3 is 1. The largest absolute Gasteiger partial charge is 0.497 e. The summed E-state index contributed by atoms with van der Waals surface area (Å²) in [7, 11) is 1.52. The van der Waals surface area contributed by atoms with Crippen molar-refractivity contribution in [1.82, 2.24) is 0 Å². The smallest absolute Gasteiger partial charge is 0.249 e. The maximum Gasteiger partial charge on any atom is 0.249 e. The quantitative estimate of drug-likeness (QED) is 0.673. The molecule has 0 aromatic heterocycles. The number of hydrogen-bond donors (Lipinski definition) is 1. The number of rotatable bonds is 5. The summed E-state index contributed by atoms with van der Waals surface area (Å²) in [6, 6.07) is 14.0. The van der Waals surface area contributed by atoms with E-state index < -0.39 is 17.6 Å². The molecule has 2 aromatic rings. The number of aryl methyl sites for hydroxylation is 2. The van der Waals surface area contributed by atoms with Crippen molar-refractivity contribution in [3.8, 4) is 11.8 Å². The van der Waals surface area contributed by atoms with Crippen molar-refractivity contribution in [3.05, 3.63) is 59.2 Å². The highest BCUT2D eigenvalue weighted by Crippen LogP contribution is 2.24. The summed E-state index contributed by atoms with van der Waals surface area (Å²) in [5, 5.41) is 12.0. The Hall–Kier alpha value is -3.13. The van der Waals surface area contributed by atoms with Gasteiger partial charge in [0.05, 0.1) is 13.2 Å². The van der Waals surface area contributed by atoms with Crippen LogP contribution in [-0.4, -0.2) is 18.8 Å². The SMILES string of the molecule is COc1cccc(NC(=O)C(C#N)C(=O)c2ccc3c(c2)CCC3)c1. The second-order valence-electron chi connectivity index (χ2n) is 5.98. The molecule has 1 aliphatic rings. The second kappa shape index (κ2) is 7.18. The molecule has 25 heavy (non-hydrogen) atoms. The number of anilines is 1. The van der Waals surface area contributed by atoms with Gasteiger partial charge in [-0.2, -0.15) is 5.26 Å². The van der Waals surface area contributed by atoms with E-state index in [-0.39, 0.29) is 0 Å². The predicted molar refractivity (Wildman–Crippen MR) is 93.5 cm³/mol. The van der Waals surface area contributed by atoms with Crippen LogP contribution < -0.4 is 10.1 Å². The summed E-state index contributed by atoms with van der Waals surface area (Å²) in [6.07, 6.45) is 3.02. The highest BCUT2D eigenvalue weighted by atomic mass is 16.5. The molecule has 2 aromatic carbocycles. The lowest BCUT2D eigenvalue weighted by molar-refractivity contribution is -0.117. The molecule has 0 fully saturated rings. The minimum atomic E-state index is -1.38. The number of carbonyl (C=O) groups excluding carboxylic acids is 2. The third-order valence-electron chi connectivity index (χ3n) is 4.37. The molecule has 1 amide bonds. The zero-order valence-electron chi connectivity index (χ0n) is 13.9. The fourth-order valence-electron chi connectivity index (χ4n) is 3.04. The van der Waals surface area contributed by atoms with Crippen molar-refractivity contribution in [2.24, 2.45) is 5.92 Å². The van der Waals surface area contributed by atoms with Gasteiger partial charge < -0.3 is 10.1 Å². The number of nitrogens with zero attached hydrogens (tertiary/aromatic N) is 1. The molecule has 0 aliphatic heterocycles. The summed E-state index contributed by atoms with van der Waals surface area (Å²) in [6.45, 7) is 0. The van der Waals surface area contributed by atoms with E-state index in [1.165, 1.54) is 12.7 Å². The van der Waals surface area contributed by atoms with E-state index in [0.29, 0.717) is 17.0 Å². The minimum absolute atomic E-state index is 0.410. The van der Waals surface area contributed by atoms with E-state index in [2.05, 4.69) is 5.32 Å². The van der Waals surface area contributed by atoms with Crippen LogP contribution in [0, 0.1) is 17.2 Å². The van der Waals surface area contributed by atoms with Crippen LogP contribution in [0.5, 0.6) is 5.75 Å². The summed E-state index contributed by atoms with van der Waals surface area (Å²) in [4.78, 5) is 25.0. The van der Waals surface area contributed by atoms with Crippen molar-refractivity contribution in [1.29, 1.82) is 5.26 Å². The molecule has 1 N–H and O–H groups in total. The first-order valence-corrected chi connectivity index (χ1v) is 8.13. The molecule has 0 bridgehead atoms. The molecule has 126 valence electrons. The highest BCUT2D eigenvalue weighted by Gasteiger charge is 2.28. The number of fused-ring (bicyclic) bond motifs is 1. The Balaban J connectivity index is 1.78. The fourth-order valence-corrected chi connectivity index (χ4v) is 3.04. The molecule has 1 atom stereocenters. The summed E-state index contributed by atoms with van der Waals surface area (Å²) in [5.41, 5.74) is 3.26. The van der Waals surface area contributed by atoms with Gasteiger partial charge in [0.25, 0.3) is 0 Å². The maximum absolute atomic E-state index is 12.6. The zero-order valence-corrected chi connectivity index (χ0v) is 13.9. The lowest BCUT2D eigenvalue weighted by atomic mass is 9.95. The highest BCUT2D eigenvalue weighted by molar-refractivity contribution is 6.15. The molecule has 0 saturated heterocycles. The van der Waals surface area contributed by atoms with Gasteiger partial charge >= 0.3 is 0 Å². The molecular formula is C20H18N2O3. The lowest BCUT2D eigenvalue weighted by Crippen LogP contribution is -2.28. The van der Waals surface area contributed by atoms with Crippen LogP contribution in [-0.2, 0) is 17.6 Å². The number of Topliss-reactive ketones (excluding diaryl/α,β-unsaturated/α-hetero) is 1. The maximum atomic E-state index is 12.6. The van der Waals surface area contributed by atoms with E-state index in [0.717, 1.165) is 24.8 Å². The van der Waals surface area contributed by atoms with Gasteiger partial charge in [0.1, 0.15) is 5.75 Å². The molecule has 3 rings (SSSR count). The van der Waals surface area contributed by atoms with Crippen molar-refractivity contribution in [2.45, 2.75) is 19.3 Å². The first-order chi connectivity index (χ1) is 12.1. The number of nitriles is 1. The lowest BCUT2D eigenvalue weighted by Gasteiger charge is -2.11. The molecule has 0 heterocycles. The number of carbonyl (C=O) groups is 2. The van der Waals surface area contributed by atoms with Crippen LogP contribution in [0.2, 0.25) is 0 Å². The minimum Gasteiger partial charge on any atom is -0.497 e. The van der Waals surface area contributed by atoms with Gasteiger partial charge in [-0.3, -0.25) is 9.59 Å². The van der Waals surface area contributed by atoms with Crippen molar-refractivity contribution in [3.63, 3.8) is 0 Å². The van der Waals surface area contributed by atoms with Crippen LogP contribution in [0.25, 0.3) is 0 Å². The number of nitrogens with one attached hydrogen (secondary N) is 1. The van der Waals surface area contributed by atoms with Crippen molar-refractivity contribution >= 4 is 17.4 Å². The predicted octanol–water partition coefficient (Wildman–Crippen LogP) is 3.15. The average Bonchev–Trinajstić information content (AvgIpc) is 3.10. The molecule has 0 spiro atoms. The van der Waals surface area contributed by atoms with Crippen LogP contribution in [0.1, 0.15) is 27.9 Å². The summed E-state index contributed by atoms with van der Waals surface area (Å²) in [5.74, 6) is -1.92. The van der Waals surface area contributed by atoms with Gasteiger partial charge in [0, 0.05) is 17.3 Å². The van der Waals surface area contributed by atoms with Gasteiger partial charge in [-0.1, -0.05) is 18.2 Å². The number of benzene rings is 2. The van der Waals surface area contributed by atoms with E-state index in [1.54, 1.807) is 30.3 Å². The molecular weight excluding hydrogens is 316 g/mol. The zero-order chi connectivity index (χ0) is 17.8. The van der Waals surface area contributed by atoms with E-state index in [1.807, 2.05) is 18.2 Å². The van der Waals surface area contributed by atoms with Crippen molar-refractivity contribution < 1.29 is 14.3 Å². The topological polar surface area (TPSA) is 79.2 Å². The van der Waals surface area contributed by atoms with Crippen molar-refractivity contribution in [2.75, 3.05) is 12.4 Å². The Morgan fingerprint density at radius 3 is 2.72 bits per heavy atom. The fraction of sp³-hybridized carbons (Fsp3) is 0.250. The average molecular weight is 334 g/mol. The van der Waals surface area contributed by atoms with Crippen LogP contribution in [0.4, 0.5) is 5.69 Å². The van der Waals surface area contributed by atoms with Crippen LogP contribution in [0.3, 0.4) is 0 Å². The molecule has 1 unspecified atom stereocenters. The number of amides is 1. The van der Waals surface area contributed by atoms with E-state index in [9.17, 15) is 14.9 Å².